The highest BCUT2D eigenvalue weighted by Gasteiger charge is 2.39. The van der Waals surface area contributed by atoms with Crippen molar-refractivity contribution in [2.24, 2.45) is 7.05 Å². The van der Waals surface area contributed by atoms with Gasteiger partial charge in [0.1, 0.15) is 0 Å². The van der Waals surface area contributed by atoms with E-state index in [0.29, 0.717) is 12.5 Å². The van der Waals surface area contributed by atoms with E-state index in [0.717, 1.165) is 42.6 Å². The summed E-state index contributed by atoms with van der Waals surface area (Å²) in [6.45, 7) is 4.06. The highest BCUT2D eigenvalue weighted by Crippen LogP contribution is 2.41. The summed E-state index contributed by atoms with van der Waals surface area (Å²) in [5, 5.41) is 4.48. The van der Waals surface area contributed by atoms with E-state index in [1.165, 1.54) is 17.5 Å². The van der Waals surface area contributed by atoms with Crippen LogP contribution in [0.4, 0.5) is 0 Å². The van der Waals surface area contributed by atoms with Crippen LogP contribution in [0.3, 0.4) is 0 Å². The summed E-state index contributed by atoms with van der Waals surface area (Å²) in [7, 11) is 1.95. The number of benzene rings is 1. The van der Waals surface area contributed by atoms with E-state index in [1.54, 1.807) is 0 Å². The van der Waals surface area contributed by atoms with Gasteiger partial charge in [0.05, 0.1) is 18.2 Å². The summed E-state index contributed by atoms with van der Waals surface area (Å²) < 4.78 is 1.88. The van der Waals surface area contributed by atoms with Gasteiger partial charge in [-0.25, -0.2) is 0 Å². The molecular formula is C21H27N3O. The smallest absolute Gasteiger partial charge is 0.227 e. The molecule has 0 spiro atoms. The molecule has 0 bridgehead atoms. The van der Waals surface area contributed by atoms with E-state index >= 15 is 0 Å². The predicted molar refractivity (Wildman–Crippen MR) is 98.4 cm³/mol. The molecule has 2 aliphatic carbocycles. The van der Waals surface area contributed by atoms with Crippen molar-refractivity contribution < 1.29 is 4.79 Å². The minimum Gasteiger partial charge on any atom is -0.332 e. The Morgan fingerprint density at radius 3 is 2.68 bits per heavy atom. The monoisotopic (exact) mass is 337 g/mol. The third-order valence-electron chi connectivity index (χ3n) is 5.89. The minimum absolute atomic E-state index is 0.252. The molecule has 4 rings (SSSR count). The number of fused-ring (bicyclic) bond motifs is 1. The Bertz CT molecular complexity index is 803. The maximum absolute atomic E-state index is 13.3. The van der Waals surface area contributed by atoms with Gasteiger partial charge in [0.15, 0.2) is 0 Å². The van der Waals surface area contributed by atoms with Crippen molar-refractivity contribution in [3.05, 3.63) is 52.3 Å². The molecule has 1 unspecified atom stereocenters. The lowest BCUT2D eigenvalue weighted by molar-refractivity contribution is -0.134. The number of rotatable bonds is 4. The number of amides is 1. The zero-order valence-electron chi connectivity index (χ0n) is 15.5. The van der Waals surface area contributed by atoms with Crippen LogP contribution in [-0.4, -0.2) is 26.6 Å². The summed E-state index contributed by atoms with van der Waals surface area (Å²) in [4.78, 5) is 15.5. The second-order valence-electron chi connectivity index (χ2n) is 7.59. The summed E-state index contributed by atoms with van der Waals surface area (Å²) in [5.74, 6) is 0.267. The molecule has 132 valence electrons. The van der Waals surface area contributed by atoms with Crippen molar-refractivity contribution in [1.29, 1.82) is 0 Å². The Kier molecular flexibility index (Phi) is 4.14. The summed E-state index contributed by atoms with van der Waals surface area (Å²) in [5.41, 5.74) is 5.97. The number of aromatic nitrogens is 2. The van der Waals surface area contributed by atoms with Gasteiger partial charge in [0, 0.05) is 24.3 Å². The highest BCUT2D eigenvalue weighted by molar-refractivity contribution is 5.80. The predicted octanol–water partition coefficient (Wildman–Crippen LogP) is 3.65. The van der Waals surface area contributed by atoms with Gasteiger partial charge in [0.2, 0.25) is 5.91 Å². The maximum atomic E-state index is 13.3. The van der Waals surface area contributed by atoms with Crippen LogP contribution >= 0.6 is 0 Å². The average Bonchev–Trinajstić information content (AvgIpc) is 3.40. The normalized spacial score (nSPS) is 19.6. The molecule has 25 heavy (non-hydrogen) atoms. The Hall–Kier alpha value is -2.10. The maximum Gasteiger partial charge on any atom is 0.227 e. The van der Waals surface area contributed by atoms with Gasteiger partial charge in [-0.3, -0.25) is 9.48 Å². The Morgan fingerprint density at radius 1 is 1.24 bits per heavy atom. The van der Waals surface area contributed by atoms with E-state index in [2.05, 4.69) is 41.2 Å². The first kappa shape index (κ1) is 16.4. The molecule has 1 amide bonds. The first-order valence-corrected chi connectivity index (χ1v) is 9.44. The fourth-order valence-corrected chi connectivity index (χ4v) is 4.32. The second-order valence-corrected chi connectivity index (χ2v) is 7.59. The molecule has 1 fully saturated rings. The molecule has 4 heteroatoms. The van der Waals surface area contributed by atoms with Crippen LogP contribution in [-0.2, 0) is 24.7 Å². The number of carbonyl (C=O) groups excluding carboxylic acids is 1. The van der Waals surface area contributed by atoms with Gasteiger partial charge in [-0.15, -0.1) is 0 Å². The van der Waals surface area contributed by atoms with Gasteiger partial charge in [-0.05, 0) is 57.1 Å². The lowest BCUT2D eigenvalue weighted by Gasteiger charge is -2.36. The third kappa shape index (κ3) is 2.99. The highest BCUT2D eigenvalue weighted by atomic mass is 16.2. The fraction of sp³-hybridized carbons (Fsp3) is 0.524. The van der Waals surface area contributed by atoms with Crippen LogP contribution in [0.15, 0.2) is 24.3 Å². The van der Waals surface area contributed by atoms with Crippen molar-refractivity contribution in [3.63, 3.8) is 0 Å². The van der Waals surface area contributed by atoms with E-state index in [-0.39, 0.29) is 11.9 Å². The van der Waals surface area contributed by atoms with Crippen LogP contribution in [0.1, 0.15) is 59.8 Å². The Morgan fingerprint density at radius 2 is 2.00 bits per heavy atom. The molecule has 0 saturated heterocycles. The standard InChI is InChI=1S/C21H27N3O/c1-14-19(15(2)23(3)22-14)13-21(25)24(17-11-12-17)20-10-6-8-16-7-4-5-9-18(16)20/h4-5,7,9,17,20H,6,8,10-13H2,1-3H3. The van der Waals surface area contributed by atoms with Crippen LogP contribution in [0.5, 0.6) is 0 Å². The van der Waals surface area contributed by atoms with E-state index in [4.69, 9.17) is 0 Å². The SMILES string of the molecule is Cc1nn(C)c(C)c1CC(=O)N(C1CC1)C1CCCc2ccccc21. The summed E-state index contributed by atoms with van der Waals surface area (Å²) in [6.07, 6.45) is 6.17. The number of carbonyl (C=O) groups is 1. The lowest BCUT2D eigenvalue weighted by Crippen LogP contribution is -2.39. The van der Waals surface area contributed by atoms with Crippen molar-refractivity contribution in [2.45, 2.75) is 64.5 Å². The van der Waals surface area contributed by atoms with Crippen LogP contribution in [0, 0.1) is 13.8 Å². The number of hydrogen-bond donors (Lipinski definition) is 0. The molecule has 2 aromatic rings. The number of hydrogen-bond acceptors (Lipinski definition) is 2. The Labute approximate surface area is 149 Å². The summed E-state index contributed by atoms with van der Waals surface area (Å²) in [6, 6.07) is 9.37. The topological polar surface area (TPSA) is 38.1 Å². The van der Waals surface area contributed by atoms with Crippen molar-refractivity contribution in [2.75, 3.05) is 0 Å². The molecule has 1 aromatic carbocycles. The van der Waals surface area contributed by atoms with Gasteiger partial charge in [-0.2, -0.15) is 5.10 Å². The quantitative estimate of drug-likeness (QED) is 0.854. The van der Waals surface area contributed by atoms with E-state index < -0.39 is 0 Å². The fourth-order valence-electron chi connectivity index (χ4n) is 4.32. The van der Waals surface area contributed by atoms with Crippen molar-refractivity contribution in [3.8, 4) is 0 Å². The molecule has 4 nitrogen and oxygen atoms in total. The van der Waals surface area contributed by atoms with Gasteiger partial charge < -0.3 is 4.90 Å². The largest absolute Gasteiger partial charge is 0.332 e. The van der Waals surface area contributed by atoms with E-state index in [1.807, 2.05) is 18.7 Å². The van der Waals surface area contributed by atoms with Crippen molar-refractivity contribution in [1.82, 2.24) is 14.7 Å². The van der Waals surface area contributed by atoms with Gasteiger partial charge in [0.25, 0.3) is 0 Å². The molecular weight excluding hydrogens is 310 g/mol. The molecule has 0 N–H and O–H groups in total. The molecule has 1 saturated carbocycles. The van der Waals surface area contributed by atoms with Crippen LogP contribution in [0.2, 0.25) is 0 Å². The zero-order chi connectivity index (χ0) is 17.6. The molecule has 1 heterocycles. The second kappa shape index (κ2) is 6.32. The van der Waals surface area contributed by atoms with Gasteiger partial charge >= 0.3 is 0 Å². The number of nitrogens with zero attached hydrogens (tertiary/aromatic N) is 3. The molecule has 1 aromatic heterocycles. The first-order valence-electron chi connectivity index (χ1n) is 9.44. The summed E-state index contributed by atoms with van der Waals surface area (Å²) >= 11 is 0. The first-order chi connectivity index (χ1) is 12.1. The zero-order valence-corrected chi connectivity index (χ0v) is 15.5. The van der Waals surface area contributed by atoms with Gasteiger partial charge in [-0.1, -0.05) is 24.3 Å². The van der Waals surface area contributed by atoms with Crippen LogP contribution in [0.25, 0.3) is 0 Å². The third-order valence-corrected chi connectivity index (χ3v) is 5.89. The minimum atomic E-state index is 0.252. The average molecular weight is 337 g/mol. The molecule has 2 aliphatic rings. The van der Waals surface area contributed by atoms with Crippen molar-refractivity contribution >= 4 is 5.91 Å². The van der Waals surface area contributed by atoms with Crippen LogP contribution < -0.4 is 0 Å². The van der Waals surface area contributed by atoms with E-state index in [9.17, 15) is 4.79 Å². The molecule has 0 aliphatic heterocycles. The number of aryl methyl sites for hydroxylation is 3. The molecule has 0 radical (unpaired) electrons. The Balaban J connectivity index is 1.63. The lowest BCUT2D eigenvalue weighted by atomic mass is 9.86. The molecule has 1 atom stereocenters.